The van der Waals surface area contributed by atoms with E-state index >= 15 is 0 Å². The minimum atomic E-state index is 0.495. The van der Waals surface area contributed by atoms with Gasteiger partial charge >= 0.3 is 0 Å². The fraction of sp³-hybridized carbons (Fsp3) is 0.500. The SMILES string of the molecule is CCNc1cc(CC(C)C)nc2c(C(C)C)cccc12. The second-order valence-electron chi connectivity index (χ2n) is 6.19. The van der Waals surface area contributed by atoms with E-state index in [9.17, 15) is 0 Å². The molecule has 2 rings (SSSR count). The number of fused-ring (bicyclic) bond motifs is 1. The molecule has 2 nitrogen and oxygen atoms in total. The summed E-state index contributed by atoms with van der Waals surface area (Å²) in [6, 6.07) is 8.73. The van der Waals surface area contributed by atoms with Crippen LogP contribution in [0.25, 0.3) is 10.9 Å². The summed E-state index contributed by atoms with van der Waals surface area (Å²) in [7, 11) is 0. The van der Waals surface area contributed by atoms with Gasteiger partial charge in [0.1, 0.15) is 0 Å². The van der Waals surface area contributed by atoms with Crippen molar-refractivity contribution in [1.82, 2.24) is 4.98 Å². The van der Waals surface area contributed by atoms with Crippen LogP contribution in [0.5, 0.6) is 0 Å². The van der Waals surface area contributed by atoms with Crippen molar-refractivity contribution in [3.05, 3.63) is 35.5 Å². The van der Waals surface area contributed by atoms with E-state index in [4.69, 9.17) is 4.98 Å². The molecule has 1 N–H and O–H groups in total. The lowest BCUT2D eigenvalue weighted by Gasteiger charge is -2.15. The molecule has 0 aliphatic heterocycles. The van der Waals surface area contributed by atoms with E-state index in [-0.39, 0.29) is 0 Å². The summed E-state index contributed by atoms with van der Waals surface area (Å²) in [4.78, 5) is 4.94. The van der Waals surface area contributed by atoms with E-state index in [0.717, 1.165) is 18.5 Å². The molecule has 0 fully saturated rings. The van der Waals surface area contributed by atoms with Gasteiger partial charge in [0.05, 0.1) is 5.52 Å². The van der Waals surface area contributed by atoms with Gasteiger partial charge in [0.15, 0.2) is 0 Å². The van der Waals surface area contributed by atoms with Crippen molar-refractivity contribution in [2.45, 2.75) is 47.0 Å². The maximum Gasteiger partial charge on any atom is 0.0760 e. The van der Waals surface area contributed by atoms with E-state index in [1.165, 1.54) is 22.3 Å². The number of anilines is 1. The molecule has 0 saturated heterocycles. The highest BCUT2D eigenvalue weighted by Gasteiger charge is 2.11. The monoisotopic (exact) mass is 270 g/mol. The van der Waals surface area contributed by atoms with Gasteiger partial charge in [-0.2, -0.15) is 0 Å². The Morgan fingerprint density at radius 3 is 2.50 bits per heavy atom. The molecule has 0 aliphatic rings. The number of hydrogen-bond acceptors (Lipinski definition) is 2. The smallest absolute Gasteiger partial charge is 0.0760 e. The van der Waals surface area contributed by atoms with Crippen molar-refractivity contribution in [3.63, 3.8) is 0 Å². The summed E-state index contributed by atoms with van der Waals surface area (Å²) < 4.78 is 0. The quantitative estimate of drug-likeness (QED) is 0.828. The molecule has 0 unspecified atom stereocenters. The van der Waals surface area contributed by atoms with Crippen molar-refractivity contribution in [2.75, 3.05) is 11.9 Å². The van der Waals surface area contributed by atoms with Crippen LogP contribution >= 0.6 is 0 Å². The lowest BCUT2D eigenvalue weighted by atomic mass is 9.97. The van der Waals surface area contributed by atoms with Gasteiger partial charge in [-0.1, -0.05) is 45.9 Å². The molecule has 1 heterocycles. The Balaban J connectivity index is 2.65. The zero-order chi connectivity index (χ0) is 14.7. The molecule has 2 aromatic rings. The number of pyridine rings is 1. The fourth-order valence-electron chi connectivity index (χ4n) is 2.65. The van der Waals surface area contributed by atoms with Crippen molar-refractivity contribution in [2.24, 2.45) is 5.92 Å². The van der Waals surface area contributed by atoms with Gasteiger partial charge in [-0.3, -0.25) is 4.98 Å². The second kappa shape index (κ2) is 6.25. The van der Waals surface area contributed by atoms with E-state index in [0.29, 0.717) is 11.8 Å². The van der Waals surface area contributed by atoms with Gasteiger partial charge < -0.3 is 5.32 Å². The number of nitrogens with one attached hydrogen (secondary N) is 1. The third kappa shape index (κ3) is 3.12. The van der Waals surface area contributed by atoms with E-state index < -0.39 is 0 Å². The van der Waals surface area contributed by atoms with Gasteiger partial charge in [0.2, 0.25) is 0 Å². The molecule has 1 aromatic heterocycles. The normalized spacial score (nSPS) is 11.6. The summed E-state index contributed by atoms with van der Waals surface area (Å²) in [5, 5.41) is 4.73. The fourth-order valence-corrected chi connectivity index (χ4v) is 2.65. The van der Waals surface area contributed by atoms with Crippen LogP contribution in [0.15, 0.2) is 24.3 Å². The van der Waals surface area contributed by atoms with Crippen molar-refractivity contribution >= 4 is 16.6 Å². The molecule has 0 amide bonds. The number of para-hydroxylation sites is 1. The van der Waals surface area contributed by atoms with Gasteiger partial charge in [-0.05, 0) is 36.8 Å². The number of rotatable bonds is 5. The predicted molar refractivity (Wildman–Crippen MR) is 88.5 cm³/mol. The summed E-state index contributed by atoms with van der Waals surface area (Å²) in [5.41, 5.74) is 4.91. The Morgan fingerprint density at radius 2 is 1.90 bits per heavy atom. The molecular formula is C18H26N2. The Bertz CT molecular complexity index is 585. The molecule has 1 aromatic carbocycles. The highest BCUT2D eigenvalue weighted by molar-refractivity contribution is 5.93. The maximum atomic E-state index is 4.94. The van der Waals surface area contributed by atoms with E-state index in [2.05, 4.69) is 64.2 Å². The first-order chi connectivity index (χ1) is 9.52. The number of benzene rings is 1. The standard InChI is InChI=1S/C18H26N2/c1-6-19-17-11-14(10-12(2)3)20-18-15(13(4)5)8-7-9-16(17)18/h7-9,11-13H,6,10H2,1-5H3,(H,19,20). The average Bonchev–Trinajstić information content (AvgIpc) is 2.37. The van der Waals surface area contributed by atoms with E-state index in [1.807, 2.05) is 0 Å². The Hall–Kier alpha value is -1.57. The first-order valence-electron chi connectivity index (χ1n) is 7.69. The minimum Gasteiger partial charge on any atom is -0.385 e. The van der Waals surface area contributed by atoms with Crippen molar-refractivity contribution in [3.8, 4) is 0 Å². The molecule has 0 aliphatic carbocycles. The molecule has 0 atom stereocenters. The molecule has 0 bridgehead atoms. The molecule has 0 radical (unpaired) electrons. The lowest BCUT2D eigenvalue weighted by molar-refractivity contribution is 0.637. The third-order valence-electron chi connectivity index (χ3n) is 3.53. The van der Waals surface area contributed by atoms with Crippen LogP contribution < -0.4 is 5.32 Å². The summed E-state index contributed by atoms with van der Waals surface area (Å²) in [6.45, 7) is 12.0. The zero-order valence-corrected chi connectivity index (χ0v) is 13.3. The predicted octanol–water partition coefficient (Wildman–Crippen LogP) is 4.99. The van der Waals surface area contributed by atoms with Gasteiger partial charge in [-0.15, -0.1) is 0 Å². The molecule has 0 saturated carbocycles. The van der Waals surface area contributed by atoms with Gasteiger partial charge in [0.25, 0.3) is 0 Å². The van der Waals surface area contributed by atoms with E-state index in [1.54, 1.807) is 0 Å². The van der Waals surface area contributed by atoms with Crippen LogP contribution in [0.1, 0.15) is 51.8 Å². The van der Waals surface area contributed by atoms with Crippen LogP contribution in [0.2, 0.25) is 0 Å². The molecular weight excluding hydrogens is 244 g/mol. The minimum absolute atomic E-state index is 0.495. The number of aromatic nitrogens is 1. The van der Waals surface area contributed by atoms with Gasteiger partial charge in [-0.25, -0.2) is 0 Å². The second-order valence-corrected chi connectivity index (χ2v) is 6.19. The highest BCUT2D eigenvalue weighted by atomic mass is 14.9. The first-order valence-corrected chi connectivity index (χ1v) is 7.69. The van der Waals surface area contributed by atoms with Crippen LogP contribution in [-0.2, 0) is 6.42 Å². The third-order valence-corrected chi connectivity index (χ3v) is 3.53. The first kappa shape index (κ1) is 14.8. The van der Waals surface area contributed by atoms with Crippen LogP contribution in [0.3, 0.4) is 0 Å². The average molecular weight is 270 g/mol. The number of hydrogen-bond donors (Lipinski definition) is 1. The Morgan fingerprint density at radius 1 is 1.15 bits per heavy atom. The Kier molecular flexibility index (Phi) is 4.64. The Labute approximate surface area is 122 Å². The largest absolute Gasteiger partial charge is 0.385 e. The molecule has 108 valence electrons. The summed E-state index contributed by atoms with van der Waals surface area (Å²) in [6.07, 6.45) is 1.03. The lowest BCUT2D eigenvalue weighted by Crippen LogP contribution is -2.04. The zero-order valence-electron chi connectivity index (χ0n) is 13.3. The molecule has 0 spiro atoms. The summed E-state index contributed by atoms with van der Waals surface area (Å²) in [5.74, 6) is 1.12. The highest BCUT2D eigenvalue weighted by Crippen LogP contribution is 2.30. The molecule has 20 heavy (non-hydrogen) atoms. The van der Waals surface area contributed by atoms with Crippen LogP contribution in [-0.4, -0.2) is 11.5 Å². The van der Waals surface area contributed by atoms with Crippen LogP contribution in [0.4, 0.5) is 5.69 Å². The number of nitrogens with zero attached hydrogens (tertiary/aromatic N) is 1. The van der Waals surface area contributed by atoms with Crippen molar-refractivity contribution < 1.29 is 0 Å². The van der Waals surface area contributed by atoms with Gasteiger partial charge in [0, 0.05) is 23.3 Å². The maximum absolute atomic E-state index is 4.94. The topological polar surface area (TPSA) is 24.9 Å². The summed E-state index contributed by atoms with van der Waals surface area (Å²) >= 11 is 0. The van der Waals surface area contributed by atoms with Crippen LogP contribution in [0, 0.1) is 5.92 Å². The molecule has 2 heteroatoms. The van der Waals surface area contributed by atoms with Crippen molar-refractivity contribution in [1.29, 1.82) is 0 Å².